The van der Waals surface area contributed by atoms with Crippen molar-refractivity contribution in [2.75, 3.05) is 13.1 Å². The van der Waals surface area contributed by atoms with Crippen LogP contribution in [-0.2, 0) is 19.6 Å². The highest BCUT2D eigenvalue weighted by Gasteiger charge is 2.56. The van der Waals surface area contributed by atoms with Crippen LogP contribution in [-0.4, -0.2) is 42.5 Å². The summed E-state index contributed by atoms with van der Waals surface area (Å²) in [5, 5.41) is 1.93. The molecule has 148 valence electrons. The van der Waals surface area contributed by atoms with Gasteiger partial charge in [0.25, 0.3) is 0 Å². The first kappa shape index (κ1) is 19.3. The van der Waals surface area contributed by atoms with Gasteiger partial charge in [0.2, 0.25) is 21.8 Å². The molecular weight excluding hydrogens is 396 g/mol. The number of rotatable bonds is 5. The van der Waals surface area contributed by atoms with E-state index in [1.165, 1.54) is 20.5 Å². The number of fused-ring (bicyclic) bond motifs is 1. The summed E-state index contributed by atoms with van der Waals surface area (Å²) in [5.41, 5.74) is 0.655. The standard InChI is InChI=1S/C20H22N2O4S2/c1-3-16(17-8-6-10-27-17)22-19(23)14-11-21(12-15(14)20(22)24)28(25,26)18-9-5-4-7-13(18)2/h4-10,14-16H,3,11-12H2,1-2H3/t14-,15+,16?. The number of carbonyl (C=O) groups excluding carboxylic acids is 2. The summed E-state index contributed by atoms with van der Waals surface area (Å²) in [6, 6.07) is 10.3. The molecule has 0 radical (unpaired) electrons. The van der Waals surface area contributed by atoms with Gasteiger partial charge in [0, 0.05) is 18.0 Å². The predicted octanol–water partition coefficient (Wildman–Crippen LogP) is 2.81. The van der Waals surface area contributed by atoms with Crippen LogP contribution in [0.4, 0.5) is 0 Å². The van der Waals surface area contributed by atoms with Gasteiger partial charge in [-0.3, -0.25) is 14.5 Å². The van der Waals surface area contributed by atoms with Crippen molar-refractivity contribution < 1.29 is 18.0 Å². The summed E-state index contributed by atoms with van der Waals surface area (Å²) in [4.78, 5) is 28.7. The molecule has 0 N–H and O–H groups in total. The number of hydrogen-bond donors (Lipinski definition) is 0. The molecule has 2 amide bonds. The number of imide groups is 1. The number of carbonyl (C=O) groups is 2. The van der Waals surface area contributed by atoms with Crippen LogP contribution >= 0.6 is 11.3 Å². The highest BCUT2D eigenvalue weighted by molar-refractivity contribution is 7.89. The summed E-state index contributed by atoms with van der Waals surface area (Å²) in [6.45, 7) is 3.81. The maximum atomic E-state index is 13.1. The summed E-state index contributed by atoms with van der Waals surface area (Å²) < 4.78 is 27.4. The molecule has 8 heteroatoms. The van der Waals surface area contributed by atoms with E-state index in [0.29, 0.717) is 12.0 Å². The Balaban J connectivity index is 1.60. The van der Waals surface area contributed by atoms with Crippen LogP contribution in [0.5, 0.6) is 0 Å². The molecule has 0 aliphatic carbocycles. The van der Waals surface area contributed by atoms with Gasteiger partial charge < -0.3 is 0 Å². The second-order valence-electron chi connectivity index (χ2n) is 7.29. The van der Waals surface area contributed by atoms with E-state index in [9.17, 15) is 18.0 Å². The van der Waals surface area contributed by atoms with Crippen LogP contribution in [0.2, 0.25) is 0 Å². The van der Waals surface area contributed by atoms with Crippen molar-refractivity contribution in [3.05, 3.63) is 52.2 Å². The van der Waals surface area contributed by atoms with Gasteiger partial charge in [0.05, 0.1) is 22.8 Å². The van der Waals surface area contributed by atoms with Crippen LogP contribution < -0.4 is 0 Å². The zero-order valence-corrected chi connectivity index (χ0v) is 17.4. The number of likely N-dealkylation sites (tertiary alicyclic amines) is 1. The minimum absolute atomic E-state index is 0.0588. The molecule has 0 spiro atoms. The first-order chi connectivity index (χ1) is 13.4. The SMILES string of the molecule is CCC(c1cccs1)N1C(=O)[C@H]2CN(S(=O)(=O)c3ccccc3C)C[C@H]2C1=O. The Kier molecular flexibility index (Phi) is 4.89. The average Bonchev–Trinajstić information content (AvgIpc) is 3.38. The second kappa shape index (κ2) is 7.09. The van der Waals surface area contributed by atoms with Gasteiger partial charge in [-0.2, -0.15) is 4.31 Å². The third kappa shape index (κ3) is 2.91. The van der Waals surface area contributed by atoms with Gasteiger partial charge in [-0.05, 0) is 36.4 Å². The Bertz CT molecular complexity index is 993. The van der Waals surface area contributed by atoms with E-state index in [2.05, 4.69) is 0 Å². The third-order valence-electron chi connectivity index (χ3n) is 5.68. The molecule has 2 aliphatic rings. The number of benzene rings is 1. The fourth-order valence-electron chi connectivity index (χ4n) is 4.21. The summed E-state index contributed by atoms with van der Waals surface area (Å²) in [7, 11) is -3.73. The number of thiophene rings is 1. The van der Waals surface area contributed by atoms with Crippen molar-refractivity contribution in [1.82, 2.24) is 9.21 Å². The molecule has 2 saturated heterocycles. The molecule has 1 unspecified atom stereocenters. The van der Waals surface area contributed by atoms with Crippen LogP contribution in [0.15, 0.2) is 46.7 Å². The Hall–Kier alpha value is -2.03. The molecule has 1 aromatic carbocycles. The van der Waals surface area contributed by atoms with Crippen molar-refractivity contribution in [2.45, 2.75) is 31.2 Å². The van der Waals surface area contributed by atoms with Gasteiger partial charge >= 0.3 is 0 Å². The van der Waals surface area contributed by atoms with Crippen molar-refractivity contribution in [2.24, 2.45) is 11.8 Å². The Morgan fingerprint density at radius 1 is 1.07 bits per heavy atom. The molecule has 0 bridgehead atoms. The Morgan fingerprint density at radius 2 is 1.71 bits per heavy atom. The van der Waals surface area contributed by atoms with E-state index in [4.69, 9.17) is 0 Å². The molecule has 4 rings (SSSR count). The van der Waals surface area contributed by atoms with Gasteiger partial charge in [-0.15, -0.1) is 11.3 Å². The number of aryl methyl sites for hydroxylation is 1. The van der Waals surface area contributed by atoms with E-state index >= 15 is 0 Å². The number of nitrogens with zero attached hydrogens (tertiary/aromatic N) is 2. The van der Waals surface area contributed by atoms with Crippen molar-refractivity contribution in [3.8, 4) is 0 Å². The minimum Gasteiger partial charge on any atom is -0.274 e. The van der Waals surface area contributed by atoms with Gasteiger partial charge in [0.1, 0.15) is 0 Å². The van der Waals surface area contributed by atoms with E-state index in [-0.39, 0.29) is 35.8 Å². The zero-order chi connectivity index (χ0) is 20.1. The first-order valence-electron chi connectivity index (χ1n) is 9.32. The lowest BCUT2D eigenvalue weighted by molar-refractivity contribution is -0.143. The van der Waals surface area contributed by atoms with Crippen LogP contribution in [0, 0.1) is 18.8 Å². The fraction of sp³-hybridized carbons (Fsp3) is 0.400. The molecule has 2 aliphatic heterocycles. The lowest BCUT2D eigenvalue weighted by atomic mass is 10.00. The largest absolute Gasteiger partial charge is 0.274 e. The van der Waals surface area contributed by atoms with E-state index in [0.717, 1.165) is 4.88 Å². The Labute approximate surface area is 168 Å². The zero-order valence-electron chi connectivity index (χ0n) is 15.7. The molecule has 2 aromatic rings. The maximum Gasteiger partial charge on any atom is 0.243 e. The molecule has 6 nitrogen and oxygen atoms in total. The highest BCUT2D eigenvalue weighted by Crippen LogP contribution is 2.41. The number of amides is 2. The normalized spacial score (nSPS) is 24.0. The monoisotopic (exact) mass is 418 g/mol. The molecular formula is C20H22N2O4S2. The topological polar surface area (TPSA) is 74.8 Å². The van der Waals surface area contributed by atoms with Crippen LogP contribution in [0.3, 0.4) is 0 Å². The molecule has 0 saturated carbocycles. The number of hydrogen-bond acceptors (Lipinski definition) is 5. The van der Waals surface area contributed by atoms with E-state index in [1.54, 1.807) is 31.2 Å². The number of sulfonamides is 1. The molecule has 3 heterocycles. The average molecular weight is 419 g/mol. The summed E-state index contributed by atoms with van der Waals surface area (Å²) >= 11 is 1.53. The predicted molar refractivity (Wildman–Crippen MR) is 106 cm³/mol. The lowest BCUT2D eigenvalue weighted by Gasteiger charge is -2.27. The van der Waals surface area contributed by atoms with Crippen molar-refractivity contribution in [1.29, 1.82) is 0 Å². The van der Waals surface area contributed by atoms with Gasteiger partial charge in [-0.25, -0.2) is 8.42 Å². The van der Waals surface area contributed by atoms with E-state index in [1.807, 2.05) is 24.4 Å². The summed E-state index contributed by atoms with van der Waals surface area (Å²) in [6.07, 6.45) is 0.642. The minimum atomic E-state index is -3.73. The van der Waals surface area contributed by atoms with E-state index < -0.39 is 21.9 Å². The van der Waals surface area contributed by atoms with Crippen molar-refractivity contribution >= 4 is 33.2 Å². The van der Waals surface area contributed by atoms with Crippen LogP contribution in [0.25, 0.3) is 0 Å². The van der Waals surface area contributed by atoms with Crippen LogP contribution in [0.1, 0.15) is 29.8 Å². The molecule has 28 heavy (non-hydrogen) atoms. The first-order valence-corrected chi connectivity index (χ1v) is 11.6. The molecule has 1 aromatic heterocycles. The Morgan fingerprint density at radius 3 is 2.25 bits per heavy atom. The molecule has 2 fully saturated rings. The third-order valence-corrected chi connectivity index (χ3v) is 8.64. The van der Waals surface area contributed by atoms with Gasteiger partial charge in [0.15, 0.2) is 0 Å². The quantitative estimate of drug-likeness (QED) is 0.700. The fourth-order valence-corrected chi connectivity index (χ4v) is 6.83. The summed E-state index contributed by atoms with van der Waals surface area (Å²) in [5.74, 6) is -1.70. The molecule has 3 atom stereocenters. The maximum absolute atomic E-state index is 13.1. The smallest absolute Gasteiger partial charge is 0.243 e. The van der Waals surface area contributed by atoms with Crippen molar-refractivity contribution in [3.63, 3.8) is 0 Å². The lowest BCUT2D eigenvalue weighted by Crippen LogP contribution is -2.39. The second-order valence-corrected chi connectivity index (χ2v) is 10.2. The highest BCUT2D eigenvalue weighted by atomic mass is 32.2. The van der Waals surface area contributed by atoms with Gasteiger partial charge in [-0.1, -0.05) is 31.2 Å².